The molecule has 6 nitrogen and oxygen atoms in total. The van der Waals surface area contributed by atoms with E-state index >= 15 is 0 Å². The Morgan fingerprint density at radius 3 is 2.33 bits per heavy atom. The maximum Gasteiger partial charge on any atom is 0.191 e. The van der Waals surface area contributed by atoms with Crippen LogP contribution in [-0.4, -0.2) is 38.3 Å². The number of aryl methyl sites for hydroxylation is 1. The lowest BCUT2D eigenvalue weighted by molar-refractivity contribution is 0.0378. The Hall–Kier alpha value is -1.74. The molecule has 1 aromatic heterocycles. The number of furan rings is 1. The zero-order valence-electron chi connectivity index (χ0n) is 16.7. The summed E-state index contributed by atoms with van der Waals surface area (Å²) in [6.07, 6.45) is 0. The van der Waals surface area contributed by atoms with E-state index in [-0.39, 0.29) is 24.0 Å². The number of anilines is 1. The molecular formula is C20H31IN4O2. The molecule has 0 amide bonds. The quantitative estimate of drug-likeness (QED) is 0.319. The second-order valence-corrected chi connectivity index (χ2v) is 6.79. The lowest BCUT2D eigenvalue weighted by atomic mass is 10.0. The number of guanidine groups is 1. The number of hydrogen-bond acceptors (Lipinski definition) is 4. The van der Waals surface area contributed by atoms with Gasteiger partial charge in [0, 0.05) is 26.3 Å². The lowest BCUT2D eigenvalue weighted by Crippen LogP contribution is -2.44. The summed E-state index contributed by atoms with van der Waals surface area (Å²) in [6, 6.07) is 12.0. The number of nitrogens with zero attached hydrogens (tertiary/aromatic N) is 2. The Bertz CT molecular complexity index is 724. The van der Waals surface area contributed by atoms with Gasteiger partial charge in [-0.05, 0) is 50.6 Å². The minimum Gasteiger partial charge on any atom is -0.463 e. The minimum atomic E-state index is -1.11. The zero-order valence-corrected chi connectivity index (χ0v) is 19.1. The number of nitrogens with one attached hydrogen (secondary N) is 2. The first-order chi connectivity index (χ1) is 12.3. The molecule has 2 aromatic rings. The molecule has 150 valence electrons. The maximum absolute atomic E-state index is 10.6. The fraction of sp³-hybridized carbons (Fsp3) is 0.450. The molecule has 0 aliphatic carbocycles. The molecule has 0 aliphatic rings. The van der Waals surface area contributed by atoms with Crippen LogP contribution in [0.1, 0.15) is 30.9 Å². The van der Waals surface area contributed by atoms with Crippen molar-refractivity contribution in [1.29, 1.82) is 0 Å². The molecular weight excluding hydrogens is 455 g/mol. The summed E-state index contributed by atoms with van der Waals surface area (Å²) < 4.78 is 5.55. The molecule has 0 saturated carbocycles. The number of aliphatic hydroxyl groups is 1. The standard InChI is InChI=1S/C20H30N4O2.HI/c1-6-21-19(22-13-16-8-10-17(11-9-16)24(4)5)23-14-20(3,25)18-12-7-15(2)26-18;/h7-12,25H,6,13-14H2,1-5H3,(H2,21,22,23);1H. The van der Waals surface area contributed by atoms with E-state index in [0.717, 1.165) is 23.6 Å². The predicted octanol–water partition coefficient (Wildman–Crippen LogP) is 3.23. The predicted molar refractivity (Wildman–Crippen MR) is 122 cm³/mol. The second kappa shape index (κ2) is 10.6. The minimum absolute atomic E-state index is 0. The van der Waals surface area contributed by atoms with Gasteiger partial charge in [0.25, 0.3) is 0 Å². The molecule has 0 saturated heterocycles. The van der Waals surface area contributed by atoms with Crippen molar-refractivity contribution in [3.63, 3.8) is 0 Å². The highest BCUT2D eigenvalue weighted by Crippen LogP contribution is 2.21. The van der Waals surface area contributed by atoms with E-state index in [2.05, 4.69) is 44.8 Å². The number of benzene rings is 1. The summed E-state index contributed by atoms with van der Waals surface area (Å²) in [5.41, 5.74) is 1.17. The highest BCUT2D eigenvalue weighted by molar-refractivity contribution is 14.0. The van der Waals surface area contributed by atoms with Crippen LogP contribution in [0.3, 0.4) is 0 Å². The Morgan fingerprint density at radius 1 is 1.15 bits per heavy atom. The molecule has 1 aromatic carbocycles. The molecule has 0 aliphatic heterocycles. The van der Waals surface area contributed by atoms with Crippen molar-refractivity contribution < 1.29 is 9.52 Å². The first-order valence-electron chi connectivity index (χ1n) is 8.89. The molecule has 0 spiro atoms. The maximum atomic E-state index is 10.6. The Labute approximate surface area is 179 Å². The fourth-order valence-electron chi connectivity index (χ4n) is 2.48. The van der Waals surface area contributed by atoms with Gasteiger partial charge in [-0.1, -0.05) is 12.1 Å². The van der Waals surface area contributed by atoms with Crippen molar-refractivity contribution in [1.82, 2.24) is 10.6 Å². The van der Waals surface area contributed by atoms with Gasteiger partial charge in [0.1, 0.15) is 17.1 Å². The Kier molecular flexibility index (Phi) is 9.11. The van der Waals surface area contributed by atoms with Crippen molar-refractivity contribution in [3.05, 3.63) is 53.5 Å². The van der Waals surface area contributed by atoms with Crippen LogP contribution in [-0.2, 0) is 12.1 Å². The van der Waals surface area contributed by atoms with Crippen molar-refractivity contribution >= 4 is 35.6 Å². The highest BCUT2D eigenvalue weighted by Gasteiger charge is 2.27. The van der Waals surface area contributed by atoms with Crippen molar-refractivity contribution in [3.8, 4) is 0 Å². The first-order valence-corrected chi connectivity index (χ1v) is 8.89. The fourth-order valence-corrected chi connectivity index (χ4v) is 2.48. The first kappa shape index (κ1) is 23.3. The second-order valence-electron chi connectivity index (χ2n) is 6.79. The number of rotatable bonds is 7. The third-order valence-corrected chi connectivity index (χ3v) is 4.09. The van der Waals surface area contributed by atoms with Crippen molar-refractivity contribution in [2.45, 2.75) is 32.9 Å². The monoisotopic (exact) mass is 486 g/mol. The van der Waals surface area contributed by atoms with E-state index in [1.807, 2.05) is 34.0 Å². The van der Waals surface area contributed by atoms with E-state index in [9.17, 15) is 5.11 Å². The summed E-state index contributed by atoms with van der Waals surface area (Å²) in [5.74, 6) is 1.98. The topological polar surface area (TPSA) is 73.0 Å². The van der Waals surface area contributed by atoms with Crippen LogP contribution in [0.4, 0.5) is 5.69 Å². The van der Waals surface area contributed by atoms with E-state index in [1.54, 1.807) is 13.0 Å². The summed E-state index contributed by atoms with van der Waals surface area (Å²) in [7, 11) is 4.04. The molecule has 0 bridgehead atoms. The molecule has 1 heterocycles. The normalized spacial score (nSPS) is 13.5. The van der Waals surface area contributed by atoms with Gasteiger partial charge in [0.05, 0.1) is 13.1 Å². The zero-order chi connectivity index (χ0) is 19.2. The van der Waals surface area contributed by atoms with Gasteiger partial charge in [0.15, 0.2) is 5.96 Å². The number of hydrogen-bond donors (Lipinski definition) is 3. The van der Waals surface area contributed by atoms with Gasteiger partial charge >= 0.3 is 0 Å². The third kappa shape index (κ3) is 7.06. The summed E-state index contributed by atoms with van der Waals surface area (Å²) >= 11 is 0. The molecule has 1 atom stereocenters. The van der Waals surface area contributed by atoms with Crippen LogP contribution in [0.5, 0.6) is 0 Å². The van der Waals surface area contributed by atoms with Crippen LogP contribution in [0.15, 0.2) is 45.8 Å². The van der Waals surface area contributed by atoms with Crippen LogP contribution in [0.2, 0.25) is 0 Å². The van der Waals surface area contributed by atoms with Gasteiger partial charge in [-0.2, -0.15) is 0 Å². The molecule has 0 radical (unpaired) electrons. The molecule has 7 heteroatoms. The van der Waals surface area contributed by atoms with Crippen LogP contribution in [0.25, 0.3) is 0 Å². The average molecular weight is 486 g/mol. The van der Waals surface area contributed by atoms with Crippen LogP contribution >= 0.6 is 24.0 Å². The molecule has 27 heavy (non-hydrogen) atoms. The van der Waals surface area contributed by atoms with Crippen molar-refractivity contribution in [2.24, 2.45) is 4.99 Å². The SMILES string of the molecule is CCNC(=NCc1ccc(N(C)C)cc1)NCC(C)(O)c1ccc(C)o1.I. The van der Waals surface area contributed by atoms with Gasteiger partial charge in [0.2, 0.25) is 0 Å². The van der Waals surface area contributed by atoms with E-state index in [1.165, 1.54) is 0 Å². The smallest absolute Gasteiger partial charge is 0.191 e. The van der Waals surface area contributed by atoms with Crippen LogP contribution in [0, 0.1) is 6.92 Å². The largest absolute Gasteiger partial charge is 0.463 e. The summed E-state index contributed by atoms with van der Waals surface area (Å²) in [5, 5.41) is 17.0. The lowest BCUT2D eigenvalue weighted by Gasteiger charge is -2.22. The van der Waals surface area contributed by atoms with Crippen molar-refractivity contribution in [2.75, 3.05) is 32.1 Å². The van der Waals surface area contributed by atoms with E-state index in [0.29, 0.717) is 24.8 Å². The highest BCUT2D eigenvalue weighted by atomic mass is 127. The molecule has 3 N–H and O–H groups in total. The Morgan fingerprint density at radius 2 is 1.81 bits per heavy atom. The van der Waals surface area contributed by atoms with E-state index < -0.39 is 5.60 Å². The third-order valence-electron chi connectivity index (χ3n) is 4.09. The van der Waals surface area contributed by atoms with Gasteiger partial charge in [-0.3, -0.25) is 0 Å². The average Bonchev–Trinajstić information content (AvgIpc) is 3.05. The molecule has 1 unspecified atom stereocenters. The number of aliphatic imine (C=N–C) groups is 1. The van der Waals surface area contributed by atoms with E-state index in [4.69, 9.17) is 4.42 Å². The molecule has 0 fully saturated rings. The van der Waals surface area contributed by atoms with Gasteiger partial charge in [-0.25, -0.2) is 4.99 Å². The summed E-state index contributed by atoms with van der Waals surface area (Å²) in [4.78, 5) is 6.67. The number of halogens is 1. The summed E-state index contributed by atoms with van der Waals surface area (Å²) in [6.45, 7) is 7.20. The van der Waals surface area contributed by atoms with Gasteiger partial charge < -0.3 is 25.1 Å². The Balaban J connectivity index is 0.00000364. The molecule has 2 rings (SSSR count). The van der Waals surface area contributed by atoms with Crippen LogP contribution < -0.4 is 15.5 Å². The van der Waals surface area contributed by atoms with Gasteiger partial charge in [-0.15, -0.1) is 24.0 Å².